The lowest BCUT2D eigenvalue weighted by molar-refractivity contribution is -0.141. The number of nitrogens with one attached hydrogen (secondary N) is 1. The van der Waals surface area contributed by atoms with Gasteiger partial charge in [-0.05, 0) is 30.0 Å². The standard InChI is InChI=1S/C18H27NO4/c1-4-5-15(18(21)22)11-19-17(20)10-14-6-8-16(9-7-14)23-12-13(2)3/h6-9,13,15H,4-5,10-12H2,1-3H3,(H,19,20)(H,21,22). The predicted octanol–water partition coefficient (Wildman–Crippen LogP) is 2.88. The number of rotatable bonds is 10. The van der Waals surface area contributed by atoms with Crippen LogP contribution in [0.1, 0.15) is 39.2 Å². The number of ether oxygens (including phenoxy) is 1. The van der Waals surface area contributed by atoms with Crippen LogP contribution < -0.4 is 10.1 Å². The number of benzene rings is 1. The summed E-state index contributed by atoms with van der Waals surface area (Å²) < 4.78 is 5.59. The minimum atomic E-state index is -0.862. The van der Waals surface area contributed by atoms with Crippen LogP contribution in [0.25, 0.3) is 0 Å². The number of amides is 1. The molecule has 2 N–H and O–H groups in total. The Bertz CT molecular complexity index is 496. The molecule has 0 spiro atoms. The summed E-state index contributed by atoms with van der Waals surface area (Å²) in [6, 6.07) is 7.41. The van der Waals surface area contributed by atoms with E-state index in [1.165, 1.54) is 0 Å². The number of aliphatic carboxylic acids is 1. The van der Waals surface area contributed by atoms with Crippen LogP contribution in [0.3, 0.4) is 0 Å². The second-order valence-corrected chi connectivity index (χ2v) is 6.15. The number of carboxylic acid groups (broad SMARTS) is 1. The van der Waals surface area contributed by atoms with E-state index in [4.69, 9.17) is 9.84 Å². The van der Waals surface area contributed by atoms with Gasteiger partial charge in [-0.15, -0.1) is 0 Å². The molecule has 0 aromatic heterocycles. The first kappa shape index (κ1) is 19.0. The largest absolute Gasteiger partial charge is 0.493 e. The molecule has 128 valence electrons. The van der Waals surface area contributed by atoms with E-state index < -0.39 is 11.9 Å². The molecule has 1 aromatic rings. The minimum absolute atomic E-state index is 0.164. The first-order valence-electron chi connectivity index (χ1n) is 8.13. The average molecular weight is 321 g/mol. The van der Waals surface area contributed by atoms with Gasteiger partial charge in [0.1, 0.15) is 5.75 Å². The summed E-state index contributed by atoms with van der Waals surface area (Å²) in [6.07, 6.45) is 1.59. The Morgan fingerprint density at radius 2 is 1.87 bits per heavy atom. The fourth-order valence-electron chi connectivity index (χ4n) is 2.11. The van der Waals surface area contributed by atoms with Crippen LogP contribution in [0.4, 0.5) is 0 Å². The van der Waals surface area contributed by atoms with Crippen molar-refractivity contribution in [2.75, 3.05) is 13.2 Å². The number of carboxylic acids is 1. The van der Waals surface area contributed by atoms with Crippen molar-refractivity contribution in [3.05, 3.63) is 29.8 Å². The molecule has 0 aliphatic heterocycles. The Labute approximate surface area is 138 Å². The minimum Gasteiger partial charge on any atom is -0.493 e. The van der Waals surface area contributed by atoms with E-state index in [0.717, 1.165) is 17.7 Å². The number of carbonyl (C=O) groups is 2. The second-order valence-electron chi connectivity index (χ2n) is 6.15. The summed E-state index contributed by atoms with van der Waals surface area (Å²) in [5.74, 6) is -0.291. The van der Waals surface area contributed by atoms with E-state index in [0.29, 0.717) is 18.9 Å². The maximum atomic E-state index is 11.9. The molecule has 0 bridgehead atoms. The Balaban J connectivity index is 2.43. The zero-order valence-corrected chi connectivity index (χ0v) is 14.2. The Hall–Kier alpha value is -2.04. The molecule has 1 amide bonds. The fraction of sp³-hybridized carbons (Fsp3) is 0.556. The van der Waals surface area contributed by atoms with Gasteiger partial charge in [0.15, 0.2) is 0 Å². The number of hydrogen-bond donors (Lipinski definition) is 2. The smallest absolute Gasteiger partial charge is 0.308 e. The van der Waals surface area contributed by atoms with Crippen LogP contribution in [0.5, 0.6) is 5.75 Å². The van der Waals surface area contributed by atoms with Gasteiger partial charge in [-0.25, -0.2) is 0 Å². The van der Waals surface area contributed by atoms with Crippen molar-refractivity contribution < 1.29 is 19.4 Å². The zero-order chi connectivity index (χ0) is 17.2. The van der Waals surface area contributed by atoms with Crippen molar-refractivity contribution >= 4 is 11.9 Å². The Morgan fingerprint density at radius 1 is 1.22 bits per heavy atom. The van der Waals surface area contributed by atoms with Gasteiger partial charge >= 0.3 is 5.97 Å². The van der Waals surface area contributed by atoms with E-state index in [1.807, 2.05) is 31.2 Å². The average Bonchev–Trinajstić information content (AvgIpc) is 2.50. The van der Waals surface area contributed by atoms with Crippen molar-refractivity contribution in [3.63, 3.8) is 0 Å². The Kier molecular flexibility index (Phi) is 8.16. The highest BCUT2D eigenvalue weighted by atomic mass is 16.5. The first-order chi connectivity index (χ1) is 10.9. The van der Waals surface area contributed by atoms with Gasteiger partial charge in [0.2, 0.25) is 5.91 Å². The molecule has 0 radical (unpaired) electrons. The fourth-order valence-corrected chi connectivity index (χ4v) is 2.11. The molecule has 23 heavy (non-hydrogen) atoms. The van der Waals surface area contributed by atoms with Crippen LogP contribution in [-0.4, -0.2) is 30.1 Å². The van der Waals surface area contributed by atoms with Gasteiger partial charge in [0.25, 0.3) is 0 Å². The molecule has 0 aliphatic rings. The summed E-state index contributed by atoms with van der Waals surface area (Å²) in [6.45, 7) is 6.94. The molecule has 5 nitrogen and oxygen atoms in total. The van der Waals surface area contributed by atoms with E-state index in [9.17, 15) is 9.59 Å². The van der Waals surface area contributed by atoms with Crippen LogP contribution in [-0.2, 0) is 16.0 Å². The second kappa shape index (κ2) is 9.87. The van der Waals surface area contributed by atoms with Crippen LogP contribution in [0.2, 0.25) is 0 Å². The quantitative estimate of drug-likeness (QED) is 0.695. The van der Waals surface area contributed by atoms with Gasteiger partial charge in [-0.2, -0.15) is 0 Å². The van der Waals surface area contributed by atoms with E-state index >= 15 is 0 Å². The lowest BCUT2D eigenvalue weighted by atomic mass is 10.0. The molecule has 1 aromatic carbocycles. The van der Waals surface area contributed by atoms with Crippen molar-refractivity contribution in [2.24, 2.45) is 11.8 Å². The molecule has 0 fully saturated rings. The monoisotopic (exact) mass is 321 g/mol. The lowest BCUT2D eigenvalue weighted by Crippen LogP contribution is -2.33. The van der Waals surface area contributed by atoms with Gasteiger partial charge in [-0.3, -0.25) is 9.59 Å². The lowest BCUT2D eigenvalue weighted by Gasteiger charge is -2.12. The van der Waals surface area contributed by atoms with Crippen LogP contribution >= 0.6 is 0 Å². The third-order valence-electron chi connectivity index (χ3n) is 3.40. The molecular weight excluding hydrogens is 294 g/mol. The molecule has 5 heteroatoms. The topological polar surface area (TPSA) is 75.6 Å². The van der Waals surface area contributed by atoms with E-state index in [-0.39, 0.29) is 18.9 Å². The molecule has 0 saturated heterocycles. The first-order valence-corrected chi connectivity index (χ1v) is 8.13. The van der Waals surface area contributed by atoms with Crippen molar-refractivity contribution in [1.29, 1.82) is 0 Å². The molecule has 0 heterocycles. The SMILES string of the molecule is CCCC(CNC(=O)Cc1ccc(OCC(C)C)cc1)C(=O)O. The van der Waals surface area contributed by atoms with Gasteiger partial charge in [0, 0.05) is 6.54 Å². The van der Waals surface area contributed by atoms with Crippen molar-refractivity contribution in [3.8, 4) is 5.75 Å². The van der Waals surface area contributed by atoms with Crippen molar-refractivity contribution in [1.82, 2.24) is 5.32 Å². The Morgan fingerprint density at radius 3 is 2.39 bits per heavy atom. The molecule has 0 aliphatic carbocycles. The van der Waals surface area contributed by atoms with E-state index in [1.54, 1.807) is 0 Å². The summed E-state index contributed by atoms with van der Waals surface area (Å²) in [7, 11) is 0. The molecular formula is C18H27NO4. The molecule has 1 rings (SSSR count). The third kappa shape index (κ3) is 7.68. The summed E-state index contributed by atoms with van der Waals surface area (Å²) in [4.78, 5) is 23.0. The van der Waals surface area contributed by atoms with Crippen molar-refractivity contribution in [2.45, 2.75) is 40.0 Å². The zero-order valence-electron chi connectivity index (χ0n) is 14.2. The van der Waals surface area contributed by atoms with E-state index in [2.05, 4.69) is 19.2 Å². The molecule has 1 atom stereocenters. The van der Waals surface area contributed by atoms with Gasteiger partial charge < -0.3 is 15.2 Å². The summed E-state index contributed by atoms with van der Waals surface area (Å²) >= 11 is 0. The molecule has 0 saturated carbocycles. The third-order valence-corrected chi connectivity index (χ3v) is 3.40. The highest BCUT2D eigenvalue weighted by Gasteiger charge is 2.17. The van der Waals surface area contributed by atoms with Gasteiger partial charge in [0.05, 0.1) is 18.9 Å². The maximum absolute atomic E-state index is 11.9. The number of hydrogen-bond acceptors (Lipinski definition) is 3. The predicted molar refractivity (Wildman–Crippen MR) is 89.5 cm³/mol. The normalized spacial score (nSPS) is 12.0. The molecule has 1 unspecified atom stereocenters. The highest BCUT2D eigenvalue weighted by Crippen LogP contribution is 2.14. The van der Waals surface area contributed by atoms with Crippen LogP contribution in [0.15, 0.2) is 24.3 Å². The van der Waals surface area contributed by atoms with Gasteiger partial charge in [-0.1, -0.05) is 39.3 Å². The number of carbonyl (C=O) groups excluding carboxylic acids is 1. The maximum Gasteiger partial charge on any atom is 0.308 e. The summed E-state index contributed by atoms with van der Waals surface area (Å²) in [5.41, 5.74) is 0.877. The highest BCUT2D eigenvalue weighted by molar-refractivity contribution is 5.79. The summed E-state index contributed by atoms with van der Waals surface area (Å²) in [5, 5.41) is 11.8. The van der Waals surface area contributed by atoms with Crippen LogP contribution in [0, 0.1) is 11.8 Å².